The summed E-state index contributed by atoms with van der Waals surface area (Å²) in [5.74, 6) is 0. The molecule has 0 amide bonds. The number of nitrogens with zero attached hydrogens (tertiary/aromatic N) is 1. The highest BCUT2D eigenvalue weighted by Gasteiger charge is 2.10. The van der Waals surface area contributed by atoms with Gasteiger partial charge in [0.05, 0.1) is 0 Å². The predicted octanol–water partition coefficient (Wildman–Crippen LogP) is 2.44. The van der Waals surface area contributed by atoms with Crippen LogP contribution in [0.1, 0.15) is 18.4 Å². The molecule has 0 aliphatic carbocycles. The monoisotopic (exact) mass is 254 g/mol. The zero-order valence-electron chi connectivity index (χ0n) is 9.30. The van der Waals surface area contributed by atoms with Crippen LogP contribution in [0.2, 0.25) is 0 Å². The minimum Gasteiger partial charge on any atom is -0.385 e. The Kier molecular flexibility index (Phi) is 6.45. The van der Waals surface area contributed by atoms with Crippen LogP contribution >= 0.6 is 24.8 Å². The van der Waals surface area contributed by atoms with Crippen LogP contribution in [-0.4, -0.2) is 22.3 Å². The van der Waals surface area contributed by atoms with Gasteiger partial charge < -0.3 is 5.73 Å². The van der Waals surface area contributed by atoms with E-state index in [1.54, 1.807) is 0 Å². The SMILES string of the molecule is NC(=S)S.c1ccc(CN2CCCC2)cc1. The average Bonchev–Trinajstić information content (AvgIpc) is 2.71. The zero-order chi connectivity index (χ0) is 11.8. The minimum atomic E-state index is 0.194. The molecular formula is C12H18N2S2. The third-order valence-electron chi connectivity index (χ3n) is 2.45. The van der Waals surface area contributed by atoms with Gasteiger partial charge in [-0.15, -0.1) is 12.6 Å². The Bertz CT molecular complexity index is 304. The minimum absolute atomic E-state index is 0.194. The molecule has 1 heterocycles. The van der Waals surface area contributed by atoms with E-state index in [-0.39, 0.29) is 4.32 Å². The molecule has 0 aromatic heterocycles. The van der Waals surface area contributed by atoms with Crippen LogP contribution in [0.4, 0.5) is 0 Å². The Labute approximate surface area is 108 Å². The lowest BCUT2D eigenvalue weighted by Crippen LogP contribution is -2.18. The normalized spacial score (nSPS) is 15.3. The summed E-state index contributed by atoms with van der Waals surface area (Å²) in [6.45, 7) is 3.71. The van der Waals surface area contributed by atoms with E-state index >= 15 is 0 Å². The first kappa shape index (κ1) is 13.5. The molecule has 1 saturated heterocycles. The summed E-state index contributed by atoms with van der Waals surface area (Å²) in [4.78, 5) is 2.52. The van der Waals surface area contributed by atoms with Crippen molar-refractivity contribution in [3.05, 3.63) is 35.9 Å². The number of nitrogens with two attached hydrogens (primary N) is 1. The maximum absolute atomic E-state index is 4.71. The molecule has 2 N–H and O–H groups in total. The zero-order valence-corrected chi connectivity index (χ0v) is 11.0. The van der Waals surface area contributed by atoms with Gasteiger partial charge in [0.1, 0.15) is 4.32 Å². The summed E-state index contributed by atoms with van der Waals surface area (Å²) in [7, 11) is 0. The summed E-state index contributed by atoms with van der Waals surface area (Å²) in [5, 5.41) is 0. The molecule has 2 nitrogen and oxygen atoms in total. The molecule has 0 spiro atoms. The first-order valence-electron chi connectivity index (χ1n) is 5.43. The van der Waals surface area contributed by atoms with E-state index < -0.39 is 0 Å². The Morgan fingerprint density at radius 1 is 1.25 bits per heavy atom. The van der Waals surface area contributed by atoms with Gasteiger partial charge in [-0.05, 0) is 31.5 Å². The topological polar surface area (TPSA) is 29.3 Å². The van der Waals surface area contributed by atoms with Gasteiger partial charge in [-0.1, -0.05) is 42.5 Å². The number of rotatable bonds is 2. The molecule has 4 heteroatoms. The lowest BCUT2D eigenvalue weighted by atomic mass is 10.2. The van der Waals surface area contributed by atoms with Gasteiger partial charge in [0.2, 0.25) is 0 Å². The van der Waals surface area contributed by atoms with Gasteiger partial charge in [-0.2, -0.15) is 0 Å². The molecule has 0 bridgehead atoms. The number of thiocarbonyl (C=S) groups is 1. The van der Waals surface area contributed by atoms with Gasteiger partial charge in [0, 0.05) is 6.54 Å². The fourth-order valence-corrected chi connectivity index (χ4v) is 1.78. The van der Waals surface area contributed by atoms with Crippen molar-refractivity contribution in [2.45, 2.75) is 19.4 Å². The molecule has 1 fully saturated rings. The van der Waals surface area contributed by atoms with Gasteiger partial charge in [0.15, 0.2) is 0 Å². The van der Waals surface area contributed by atoms with Crippen molar-refractivity contribution in [1.29, 1.82) is 0 Å². The smallest absolute Gasteiger partial charge is 0.128 e. The van der Waals surface area contributed by atoms with E-state index in [4.69, 9.17) is 5.73 Å². The fraction of sp³-hybridized carbons (Fsp3) is 0.417. The highest BCUT2D eigenvalue weighted by molar-refractivity contribution is 8.10. The van der Waals surface area contributed by atoms with Crippen molar-refractivity contribution in [3.8, 4) is 0 Å². The van der Waals surface area contributed by atoms with E-state index in [1.165, 1.54) is 31.5 Å². The second-order valence-corrected chi connectivity index (χ2v) is 5.03. The fourth-order valence-electron chi connectivity index (χ4n) is 1.78. The molecule has 1 aliphatic heterocycles. The molecule has 0 radical (unpaired) electrons. The van der Waals surface area contributed by atoms with E-state index in [2.05, 4.69) is 60.1 Å². The Morgan fingerprint density at radius 2 is 1.75 bits per heavy atom. The first-order valence-corrected chi connectivity index (χ1v) is 6.28. The summed E-state index contributed by atoms with van der Waals surface area (Å²) < 4.78 is 0.194. The van der Waals surface area contributed by atoms with E-state index in [1.807, 2.05) is 0 Å². The largest absolute Gasteiger partial charge is 0.385 e. The summed E-state index contributed by atoms with van der Waals surface area (Å²) in [6, 6.07) is 10.7. The van der Waals surface area contributed by atoms with Crippen molar-refractivity contribution in [1.82, 2.24) is 4.90 Å². The molecular weight excluding hydrogens is 236 g/mol. The van der Waals surface area contributed by atoms with Crippen molar-refractivity contribution < 1.29 is 0 Å². The molecule has 0 saturated carbocycles. The van der Waals surface area contributed by atoms with Crippen LogP contribution in [0.25, 0.3) is 0 Å². The Morgan fingerprint density at radius 3 is 2.25 bits per heavy atom. The average molecular weight is 254 g/mol. The number of benzene rings is 1. The number of hydrogen-bond donors (Lipinski definition) is 2. The van der Waals surface area contributed by atoms with Gasteiger partial charge in [-0.3, -0.25) is 4.90 Å². The van der Waals surface area contributed by atoms with Crippen LogP contribution in [0.3, 0.4) is 0 Å². The molecule has 1 aromatic rings. The molecule has 1 aromatic carbocycles. The van der Waals surface area contributed by atoms with Gasteiger partial charge >= 0.3 is 0 Å². The highest BCUT2D eigenvalue weighted by atomic mass is 32.1. The number of thiol groups is 1. The maximum atomic E-state index is 4.71. The van der Waals surface area contributed by atoms with E-state index in [0.717, 1.165) is 6.54 Å². The molecule has 88 valence electrons. The molecule has 1 aliphatic rings. The maximum Gasteiger partial charge on any atom is 0.128 e. The van der Waals surface area contributed by atoms with Crippen molar-refractivity contribution in [2.24, 2.45) is 5.73 Å². The number of hydrogen-bond acceptors (Lipinski definition) is 2. The second kappa shape index (κ2) is 7.65. The Hall–Kier alpha value is -0.580. The third-order valence-corrected chi connectivity index (χ3v) is 2.45. The van der Waals surface area contributed by atoms with Crippen LogP contribution in [0.5, 0.6) is 0 Å². The standard InChI is InChI=1S/C11H15N.CH3NS2/c1-2-6-11(7-3-1)10-12-8-4-5-9-12;2-1(3)4/h1-3,6-7H,4-5,8-10H2;(H3,2,3,4). The van der Waals surface area contributed by atoms with Crippen molar-refractivity contribution in [3.63, 3.8) is 0 Å². The first-order chi connectivity index (χ1) is 7.68. The van der Waals surface area contributed by atoms with Crippen LogP contribution < -0.4 is 5.73 Å². The summed E-state index contributed by atoms with van der Waals surface area (Å²) >= 11 is 7.65. The molecule has 2 rings (SSSR count). The highest BCUT2D eigenvalue weighted by Crippen LogP contribution is 2.11. The van der Waals surface area contributed by atoms with Gasteiger partial charge in [0.25, 0.3) is 0 Å². The third kappa shape index (κ3) is 6.10. The molecule has 0 unspecified atom stereocenters. The molecule has 16 heavy (non-hydrogen) atoms. The number of likely N-dealkylation sites (tertiary alicyclic amines) is 1. The predicted molar refractivity (Wildman–Crippen MR) is 76.7 cm³/mol. The van der Waals surface area contributed by atoms with Crippen molar-refractivity contribution >= 4 is 29.2 Å². The van der Waals surface area contributed by atoms with E-state index in [9.17, 15) is 0 Å². The van der Waals surface area contributed by atoms with Crippen molar-refractivity contribution in [2.75, 3.05) is 13.1 Å². The lowest BCUT2D eigenvalue weighted by Gasteiger charge is -2.13. The van der Waals surface area contributed by atoms with Crippen LogP contribution in [0, 0.1) is 0 Å². The van der Waals surface area contributed by atoms with Crippen LogP contribution in [-0.2, 0) is 6.54 Å². The summed E-state index contributed by atoms with van der Waals surface area (Å²) in [6.07, 6.45) is 2.76. The lowest BCUT2D eigenvalue weighted by molar-refractivity contribution is 0.331. The molecule has 0 atom stereocenters. The Balaban J connectivity index is 0.000000280. The summed E-state index contributed by atoms with van der Waals surface area (Å²) in [5.41, 5.74) is 6.15. The van der Waals surface area contributed by atoms with E-state index in [0.29, 0.717) is 0 Å². The quantitative estimate of drug-likeness (QED) is 0.627. The van der Waals surface area contributed by atoms with Gasteiger partial charge in [-0.25, -0.2) is 0 Å². The van der Waals surface area contributed by atoms with Crippen LogP contribution in [0.15, 0.2) is 30.3 Å². The second-order valence-electron chi connectivity index (χ2n) is 3.81.